The molecule has 0 bridgehead atoms. The van der Waals surface area contributed by atoms with Gasteiger partial charge in [-0.15, -0.1) is 0 Å². The Morgan fingerprint density at radius 2 is 1.29 bits per heavy atom. The highest BCUT2D eigenvalue weighted by molar-refractivity contribution is 6.10. The molecule has 0 N–H and O–H groups in total. The van der Waals surface area contributed by atoms with Crippen LogP contribution in [-0.2, 0) is 4.79 Å². The molecule has 2 rings (SSSR count). The molecule has 0 aliphatic carbocycles. The summed E-state index contributed by atoms with van der Waals surface area (Å²) in [6, 6.07) is 16.0. The third kappa shape index (κ3) is 7.67. The second-order valence-electron chi connectivity index (χ2n) is 7.24. The molecule has 2 aromatic rings. The molecular formula is C25H32O3. The third-order valence-electron chi connectivity index (χ3n) is 4.88. The molecule has 0 saturated heterocycles. The molecule has 0 aliphatic heterocycles. The van der Waals surface area contributed by atoms with Crippen LogP contribution in [0.2, 0.25) is 0 Å². The Balaban J connectivity index is 1.75. The lowest BCUT2D eigenvalue weighted by Gasteiger charge is -2.09. The number of benzene rings is 2. The molecule has 3 heteroatoms. The molecule has 0 aromatic heterocycles. The Morgan fingerprint density at radius 1 is 0.714 bits per heavy atom. The van der Waals surface area contributed by atoms with E-state index in [1.54, 1.807) is 36.4 Å². The Morgan fingerprint density at radius 3 is 1.96 bits per heavy atom. The van der Waals surface area contributed by atoms with Gasteiger partial charge in [0.2, 0.25) is 0 Å². The van der Waals surface area contributed by atoms with Gasteiger partial charge in [0, 0.05) is 12.0 Å². The van der Waals surface area contributed by atoms with E-state index in [0.29, 0.717) is 23.3 Å². The highest BCUT2D eigenvalue weighted by Gasteiger charge is 2.16. The topological polar surface area (TPSA) is 43.4 Å². The van der Waals surface area contributed by atoms with Crippen molar-refractivity contribution in [3.8, 4) is 5.75 Å². The molecule has 0 fully saturated rings. The standard InChI is InChI=1S/C25H32O3/c1-2-3-4-5-6-7-8-9-13-20-24(26)28-23-19-15-14-18-22(23)25(27)21-16-11-10-12-17-21/h10-12,14-19H,2-9,13,20H2,1H3. The molecule has 2 aromatic carbocycles. The molecule has 0 heterocycles. The zero-order valence-corrected chi connectivity index (χ0v) is 17.0. The number of hydrogen-bond donors (Lipinski definition) is 0. The van der Waals surface area contributed by atoms with Gasteiger partial charge in [-0.2, -0.15) is 0 Å². The lowest BCUT2D eigenvalue weighted by Crippen LogP contribution is -2.11. The Kier molecular flexibility index (Phi) is 10.1. The molecular weight excluding hydrogens is 348 g/mol. The first-order valence-corrected chi connectivity index (χ1v) is 10.6. The summed E-state index contributed by atoms with van der Waals surface area (Å²) in [6.07, 6.45) is 11.3. The third-order valence-corrected chi connectivity index (χ3v) is 4.88. The minimum Gasteiger partial charge on any atom is -0.426 e. The van der Waals surface area contributed by atoms with Crippen LogP contribution in [0.25, 0.3) is 0 Å². The zero-order valence-electron chi connectivity index (χ0n) is 17.0. The van der Waals surface area contributed by atoms with Crippen LogP contribution in [0.1, 0.15) is 87.1 Å². The van der Waals surface area contributed by atoms with E-state index >= 15 is 0 Å². The fourth-order valence-electron chi connectivity index (χ4n) is 3.24. The van der Waals surface area contributed by atoms with Crippen molar-refractivity contribution in [3.05, 3.63) is 65.7 Å². The fourth-order valence-corrected chi connectivity index (χ4v) is 3.24. The molecule has 0 spiro atoms. The van der Waals surface area contributed by atoms with Crippen LogP contribution in [0, 0.1) is 0 Å². The van der Waals surface area contributed by atoms with Gasteiger partial charge in [-0.05, 0) is 18.6 Å². The second-order valence-corrected chi connectivity index (χ2v) is 7.24. The van der Waals surface area contributed by atoms with Crippen molar-refractivity contribution in [2.45, 2.75) is 71.1 Å². The van der Waals surface area contributed by atoms with Crippen LogP contribution < -0.4 is 4.74 Å². The fraction of sp³-hybridized carbons (Fsp3) is 0.440. The minimum atomic E-state index is -0.267. The highest BCUT2D eigenvalue weighted by atomic mass is 16.5. The normalized spacial score (nSPS) is 10.6. The van der Waals surface area contributed by atoms with Crippen LogP contribution in [0.15, 0.2) is 54.6 Å². The van der Waals surface area contributed by atoms with Gasteiger partial charge in [0.15, 0.2) is 5.78 Å². The number of ether oxygens (including phenoxy) is 1. The first kappa shape index (κ1) is 21.9. The van der Waals surface area contributed by atoms with Gasteiger partial charge in [0.1, 0.15) is 5.75 Å². The average Bonchev–Trinajstić information content (AvgIpc) is 2.73. The van der Waals surface area contributed by atoms with Crippen molar-refractivity contribution < 1.29 is 14.3 Å². The summed E-state index contributed by atoms with van der Waals surface area (Å²) >= 11 is 0. The number of esters is 1. The predicted molar refractivity (Wildman–Crippen MR) is 114 cm³/mol. The molecule has 0 radical (unpaired) electrons. The first-order valence-electron chi connectivity index (χ1n) is 10.6. The Hall–Kier alpha value is -2.42. The van der Waals surface area contributed by atoms with Crippen molar-refractivity contribution in [2.24, 2.45) is 0 Å². The van der Waals surface area contributed by atoms with Crippen molar-refractivity contribution >= 4 is 11.8 Å². The van der Waals surface area contributed by atoms with Gasteiger partial charge in [-0.3, -0.25) is 9.59 Å². The lowest BCUT2D eigenvalue weighted by atomic mass is 10.0. The SMILES string of the molecule is CCCCCCCCCCCC(=O)Oc1ccccc1C(=O)c1ccccc1. The molecule has 28 heavy (non-hydrogen) atoms. The maximum atomic E-state index is 12.7. The van der Waals surface area contributed by atoms with E-state index in [-0.39, 0.29) is 11.8 Å². The second kappa shape index (κ2) is 12.9. The summed E-state index contributed by atoms with van der Waals surface area (Å²) in [5, 5.41) is 0. The van der Waals surface area contributed by atoms with Crippen molar-refractivity contribution in [1.29, 1.82) is 0 Å². The van der Waals surface area contributed by atoms with Gasteiger partial charge < -0.3 is 4.74 Å². The van der Waals surface area contributed by atoms with Crippen LogP contribution in [0.3, 0.4) is 0 Å². The van der Waals surface area contributed by atoms with Crippen LogP contribution in [0.5, 0.6) is 5.75 Å². The number of hydrogen-bond acceptors (Lipinski definition) is 3. The summed E-state index contributed by atoms with van der Waals surface area (Å²) in [5.41, 5.74) is 1.01. The quantitative estimate of drug-likeness (QED) is 0.167. The molecule has 0 saturated carbocycles. The minimum absolute atomic E-state index is 0.132. The monoisotopic (exact) mass is 380 g/mol. The van der Waals surface area contributed by atoms with E-state index < -0.39 is 0 Å². The van der Waals surface area contributed by atoms with E-state index in [1.807, 2.05) is 18.2 Å². The van der Waals surface area contributed by atoms with Crippen LogP contribution in [-0.4, -0.2) is 11.8 Å². The first-order chi connectivity index (χ1) is 13.7. The molecule has 0 unspecified atom stereocenters. The molecule has 3 nitrogen and oxygen atoms in total. The van der Waals surface area contributed by atoms with E-state index in [9.17, 15) is 9.59 Å². The van der Waals surface area contributed by atoms with Gasteiger partial charge in [-0.1, -0.05) is 101 Å². The van der Waals surface area contributed by atoms with Gasteiger partial charge in [-0.25, -0.2) is 0 Å². The van der Waals surface area contributed by atoms with Gasteiger partial charge >= 0.3 is 5.97 Å². The number of unbranched alkanes of at least 4 members (excludes halogenated alkanes) is 8. The summed E-state index contributed by atoms with van der Waals surface area (Å²) in [6.45, 7) is 2.23. The summed E-state index contributed by atoms with van der Waals surface area (Å²) in [7, 11) is 0. The summed E-state index contributed by atoms with van der Waals surface area (Å²) in [5.74, 6) is -0.0550. The van der Waals surface area contributed by atoms with Crippen LogP contribution >= 0.6 is 0 Å². The van der Waals surface area contributed by atoms with E-state index in [1.165, 1.54) is 44.9 Å². The van der Waals surface area contributed by atoms with Gasteiger partial charge in [0.05, 0.1) is 5.56 Å². The Bertz CT molecular complexity index is 722. The average molecular weight is 381 g/mol. The molecule has 0 aliphatic rings. The largest absolute Gasteiger partial charge is 0.426 e. The lowest BCUT2D eigenvalue weighted by molar-refractivity contribution is -0.134. The van der Waals surface area contributed by atoms with Crippen molar-refractivity contribution in [1.82, 2.24) is 0 Å². The smallest absolute Gasteiger partial charge is 0.311 e. The zero-order chi connectivity index (χ0) is 20.0. The number of para-hydroxylation sites is 1. The maximum absolute atomic E-state index is 12.7. The number of carbonyl (C=O) groups is 2. The van der Waals surface area contributed by atoms with Gasteiger partial charge in [0.25, 0.3) is 0 Å². The summed E-state index contributed by atoms with van der Waals surface area (Å²) in [4.78, 5) is 24.9. The van der Waals surface area contributed by atoms with Crippen molar-refractivity contribution in [2.75, 3.05) is 0 Å². The van der Waals surface area contributed by atoms with E-state index in [2.05, 4.69) is 6.92 Å². The number of ketones is 1. The predicted octanol–water partition coefficient (Wildman–Crippen LogP) is 6.74. The summed E-state index contributed by atoms with van der Waals surface area (Å²) < 4.78 is 5.50. The number of carbonyl (C=O) groups excluding carboxylic acids is 2. The molecule has 150 valence electrons. The Labute approximate surface area is 169 Å². The number of rotatable bonds is 13. The van der Waals surface area contributed by atoms with Crippen LogP contribution in [0.4, 0.5) is 0 Å². The molecule has 0 amide bonds. The maximum Gasteiger partial charge on any atom is 0.311 e. The molecule has 0 atom stereocenters. The van der Waals surface area contributed by atoms with E-state index in [0.717, 1.165) is 12.8 Å². The van der Waals surface area contributed by atoms with Crippen molar-refractivity contribution in [3.63, 3.8) is 0 Å². The highest BCUT2D eigenvalue weighted by Crippen LogP contribution is 2.22. The van der Waals surface area contributed by atoms with E-state index in [4.69, 9.17) is 4.74 Å².